The molecule has 0 saturated carbocycles. The predicted octanol–water partition coefficient (Wildman–Crippen LogP) is 1.08. The molecule has 136 valence electrons. The number of carbonyl (C=O) groups is 2. The average molecular weight is 346 g/mol. The van der Waals surface area contributed by atoms with Gasteiger partial charge in [0, 0.05) is 45.0 Å². The second kappa shape index (κ2) is 8.31. The Morgan fingerprint density at radius 2 is 1.60 bits per heavy atom. The summed E-state index contributed by atoms with van der Waals surface area (Å²) in [6.07, 6.45) is 0. The molecule has 1 aromatic rings. The second-order valence-electron chi connectivity index (χ2n) is 6.43. The van der Waals surface area contributed by atoms with Crippen LogP contribution in [0.5, 0.6) is 0 Å². The minimum absolute atomic E-state index is 0.0852. The lowest BCUT2D eigenvalue weighted by atomic mass is 10.2. The number of hydrogen-bond donors (Lipinski definition) is 1. The number of urea groups is 1. The Morgan fingerprint density at radius 3 is 2.24 bits per heavy atom. The Kier molecular flexibility index (Phi) is 5.88. The molecule has 0 bridgehead atoms. The number of piperazine rings is 1. The summed E-state index contributed by atoms with van der Waals surface area (Å²) in [4.78, 5) is 30.8. The van der Waals surface area contributed by atoms with Crippen molar-refractivity contribution in [3.05, 3.63) is 30.3 Å². The Balaban J connectivity index is 1.47. The van der Waals surface area contributed by atoms with Gasteiger partial charge in [-0.2, -0.15) is 0 Å². The highest BCUT2D eigenvalue weighted by Gasteiger charge is 2.30. The lowest BCUT2D eigenvalue weighted by molar-refractivity contribution is -0.141. The molecule has 1 atom stereocenters. The molecular weight excluding hydrogens is 320 g/mol. The van der Waals surface area contributed by atoms with Gasteiger partial charge in [0.25, 0.3) is 0 Å². The Morgan fingerprint density at radius 1 is 0.960 bits per heavy atom. The minimum atomic E-state index is -0.155. The maximum atomic E-state index is 12.6. The van der Waals surface area contributed by atoms with Crippen LogP contribution in [0.3, 0.4) is 0 Å². The van der Waals surface area contributed by atoms with Gasteiger partial charge >= 0.3 is 6.03 Å². The van der Waals surface area contributed by atoms with E-state index in [9.17, 15) is 9.59 Å². The van der Waals surface area contributed by atoms with Crippen molar-refractivity contribution in [3.8, 4) is 0 Å². The number of para-hydroxylation sites is 1. The molecule has 2 aliphatic heterocycles. The Bertz CT molecular complexity index is 581. The fourth-order valence-electron chi connectivity index (χ4n) is 3.24. The van der Waals surface area contributed by atoms with Gasteiger partial charge in [-0.3, -0.25) is 9.69 Å². The highest BCUT2D eigenvalue weighted by molar-refractivity contribution is 5.89. The van der Waals surface area contributed by atoms with Gasteiger partial charge in [0.2, 0.25) is 5.91 Å². The van der Waals surface area contributed by atoms with E-state index in [1.165, 1.54) is 0 Å². The monoisotopic (exact) mass is 346 g/mol. The van der Waals surface area contributed by atoms with Crippen molar-refractivity contribution < 1.29 is 14.3 Å². The maximum Gasteiger partial charge on any atom is 0.321 e. The normalized spacial score (nSPS) is 20.2. The first kappa shape index (κ1) is 17.7. The van der Waals surface area contributed by atoms with Crippen LogP contribution in [0.25, 0.3) is 0 Å². The lowest BCUT2D eigenvalue weighted by Crippen LogP contribution is -2.57. The zero-order valence-electron chi connectivity index (χ0n) is 14.7. The molecule has 7 heteroatoms. The van der Waals surface area contributed by atoms with E-state index < -0.39 is 0 Å². The highest BCUT2D eigenvalue weighted by atomic mass is 16.5. The Hall–Kier alpha value is -2.12. The minimum Gasteiger partial charge on any atom is -0.378 e. The summed E-state index contributed by atoms with van der Waals surface area (Å²) in [6.45, 7) is 7.19. The van der Waals surface area contributed by atoms with Gasteiger partial charge in [-0.05, 0) is 19.1 Å². The van der Waals surface area contributed by atoms with Crippen LogP contribution in [-0.4, -0.2) is 85.2 Å². The van der Waals surface area contributed by atoms with Crippen LogP contribution in [0.1, 0.15) is 6.92 Å². The van der Waals surface area contributed by atoms with Crippen LogP contribution in [-0.2, 0) is 9.53 Å². The van der Waals surface area contributed by atoms with Crippen molar-refractivity contribution >= 4 is 17.6 Å². The summed E-state index contributed by atoms with van der Waals surface area (Å²) in [5, 5.41) is 2.91. The van der Waals surface area contributed by atoms with E-state index in [0.29, 0.717) is 52.5 Å². The number of morpholine rings is 1. The molecule has 0 radical (unpaired) electrons. The van der Waals surface area contributed by atoms with Gasteiger partial charge in [-0.25, -0.2) is 4.79 Å². The number of hydrogen-bond acceptors (Lipinski definition) is 4. The number of ether oxygens (including phenoxy) is 1. The molecule has 25 heavy (non-hydrogen) atoms. The lowest BCUT2D eigenvalue weighted by Gasteiger charge is -2.39. The molecule has 1 aromatic carbocycles. The van der Waals surface area contributed by atoms with Crippen molar-refractivity contribution in [3.63, 3.8) is 0 Å². The van der Waals surface area contributed by atoms with E-state index in [1.807, 2.05) is 42.2 Å². The van der Waals surface area contributed by atoms with Crippen LogP contribution >= 0.6 is 0 Å². The fourth-order valence-corrected chi connectivity index (χ4v) is 3.24. The summed E-state index contributed by atoms with van der Waals surface area (Å²) < 4.78 is 5.31. The topological polar surface area (TPSA) is 65.1 Å². The van der Waals surface area contributed by atoms with Crippen molar-refractivity contribution in [2.24, 2.45) is 0 Å². The van der Waals surface area contributed by atoms with E-state index >= 15 is 0 Å². The van der Waals surface area contributed by atoms with Crippen LogP contribution in [0.4, 0.5) is 10.5 Å². The van der Waals surface area contributed by atoms with E-state index in [0.717, 1.165) is 5.69 Å². The zero-order chi connectivity index (χ0) is 17.6. The van der Waals surface area contributed by atoms with Crippen LogP contribution in [0.2, 0.25) is 0 Å². The quantitative estimate of drug-likeness (QED) is 0.890. The third-order valence-electron chi connectivity index (χ3n) is 4.85. The first-order chi connectivity index (χ1) is 12.1. The second-order valence-corrected chi connectivity index (χ2v) is 6.43. The number of benzene rings is 1. The molecule has 0 aromatic heterocycles. The highest BCUT2D eigenvalue weighted by Crippen LogP contribution is 2.12. The number of nitrogens with one attached hydrogen (secondary N) is 1. The van der Waals surface area contributed by atoms with Crippen LogP contribution in [0.15, 0.2) is 30.3 Å². The molecule has 3 amide bonds. The summed E-state index contributed by atoms with van der Waals surface area (Å²) in [5.74, 6) is 0.158. The number of anilines is 1. The summed E-state index contributed by atoms with van der Waals surface area (Å²) in [5.41, 5.74) is 0.797. The molecule has 0 spiro atoms. The number of carbonyl (C=O) groups excluding carboxylic acids is 2. The SMILES string of the molecule is C[C@H](C(=O)N1CCOCC1)N1CCN(C(=O)Nc2ccccc2)CC1. The first-order valence-corrected chi connectivity index (χ1v) is 8.87. The van der Waals surface area contributed by atoms with Crippen molar-refractivity contribution in [1.29, 1.82) is 0 Å². The summed E-state index contributed by atoms with van der Waals surface area (Å²) >= 11 is 0. The van der Waals surface area contributed by atoms with E-state index in [1.54, 1.807) is 4.90 Å². The first-order valence-electron chi connectivity index (χ1n) is 8.87. The summed E-state index contributed by atoms with van der Waals surface area (Å²) in [6, 6.07) is 9.21. The molecule has 0 unspecified atom stereocenters. The predicted molar refractivity (Wildman–Crippen MR) is 95.5 cm³/mol. The van der Waals surface area contributed by atoms with Crippen molar-refractivity contribution in [1.82, 2.24) is 14.7 Å². The van der Waals surface area contributed by atoms with Crippen LogP contribution in [0, 0.1) is 0 Å². The van der Waals surface area contributed by atoms with Gasteiger partial charge < -0.3 is 19.9 Å². The number of amides is 3. The molecule has 0 aliphatic carbocycles. The van der Waals surface area contributed by atoms with Gasteiger partial charge in [0.1, 0.15) is 0 Å². The number of rotatable bonds is 3. The molecule has 3 rings (SSSR count). The largest absolute Gasteiger partial charge is 0.378 e. The average Bonchev–Trinajstić information content (AvgIpc) is 2.68. The molecular formula is C18H26N4O3. The molecule has 1 N–H and O–H groups in total. The van der Waals surface area contributed by atoms with Gasteiger partial charge in [-0.1, -0.05) is 18.2 Å². The van der Waals surface area contributed by atoms with E-state index in [4.69, 9.17) is 4.74 Å². The van der Waals surface area contributed by atoms with Gasteiger partial charge in [0.15, 0.2) is 0 Å². The Labute approximate surface area is 148 Å². The van der Waals surface area contributed by atoms with Crippen LogP contribution < -0.4 is 5.32 Å². The molecule has 2 aliphatic rings. The third-order valence-corrected chi connectivity index (χ3v) is 4.85. The maximum absolute atomic E-state index is 12.6. The molecule has 2 fully saturated rings. The standard InChI is InChI=1S/C18H26N4O3/c1-15(17(23)21-11-13-25-14-12-21)20-7-9-22(10-8-20)18(24)19-16-5-3-2-4-6-16/h2-6,15H,7-14H2,1H3,(H,19,24)/t15-/m1/s1. The summed E-state index contributed by atoms with van der Waals surface area (Å²) in [7, 11) is 0. The fraction of sp³-hybridized carbons (Fsp3) is 0.556. The smallest absolute Gasteiger partial charge is 0.321 e. The molecule has 2 saturated heterocycles. The van der Waals surface area contributed by atoms with Crippen molar-refractivity contribution in [2.45, 2.75) is 13.0 Å². The molecule has 7 nitrogen and oxygen atoms in total. The molecule has 2 heterocycles. The zero-order valence-corrected chi connectivity index (χ0v) is 14.7. The number of nitrogens with zero attached hydrogens (tertiary/aromatic N) is 3. The van der Waals surface area contributed by atoms with Gasteiger partial charge in [-0.15, -0.1) is 0 Å². The third kappa shape index (κ3) is 4.49. The van der Waals surface area contributed by atoms with E-state index in [-0.39, 0.29) is 18.0 Å². The van der Waals surface area contributed by atoms with Crippen molar-refractivity contribution in [2.75, 3.05) is 57.8 Å². The van der Waals surface area contributed by atoms with Gasteiger partial charge in [0.05, 0.1) is 19.3 Å². The van der Waals surface area contributed by atoms with E-state index in [2.05, 4.69) is 10.2 Å².